The zero-order valence-electron chi connectivity index (χ0n) is 18.8. The van der Waals surface area contributed by atoms with Crippen molar-refractivity contribution in [2.45, 2.75) is 36.8 Å². The lowest BCUT2D eigenvalue weighted by molar-refractivity contribution is -0.0314. The second-order valence-corrected chi connectivity index (χ2v) is 9.97. The number of methoxy groups -OCH3 is 2. The number of aliphatic hydroxyl groups excluding tert-OH is 1. The van der Waals surface area contributed by atoms with Crippen molar-refractivity contribution in [1.29, 1.82) is 0 Å². The lowest BCUT2D eigenvalue weighted by Gasteiger charge is -2.44. The first kappa shape index (κ1) is 27.6. The summed E-state index contributed by atoms with van der Waals surface area (Å²) in [5, 5.41) is 10.3. The summed E-state index contributed by atoms with van der Waals surface area (Å²) in [6, 6.07) is 0. The number of hydrogen-bond donors (Lipinski definition) is 4. The zero-order chi connectivity index (χ0) is 23.8. The Balaban J connectivity index is 2.07. The van der Waals surface area contributed by atoms with Gasteiger partial charge in [0.1, 0.15) is 5.66 Å². The molecule has 4 atom stereocenters. The Morgan fingerprint density at radius 2 is 2.03 bits per heavy atom. The number of hydrogen-bond acceptors (Lipinski definition) is 11. The molecule has 1 aliphatic carbocycles. The van der Waals surface area contributed by atoms with E-state index in [-0.39, 0.29) is 25.2 Å². The van der Waals surface area contributed by atoms with E-state index in [4.69, 9.17) is 42.5 Å². The highest BCUT2D eigenvalue weighted by molar-refractivity contribution is 7.90. The minimum atomic E-state index is -1.54. The number of halogens is 1. The van der Waals surface area contributed by atoms with Crippen LogP contribution in [0.25, 0.3) is 0 Å². The summed E-state index contributed by atoms with van der Waals surface area (Å²) < 4.78 is 32.4. The number of hydrazine groups is 1. The third kappa shape index (κ3) is 6.70. The van der Waals surface area contributed by atoms with E-state index in [1.54, 1.807) is 14.0 Å². The Labute approximate surface area is 197 Å². The monoisotopic (exact) mass is 494 g/mol. The second kappa shape index (κ2) is 12.7. The SMILES string of the molecule is COCC1(C(N)(CN[S+]([O-])C(C)C(OC)c2ncc(Cl)cn2)N(N)CCOCCO)CC1. The van der Waals surface area contributed by atoms with E-state index < -0.39 is 28.4 Å². The summed E-state index contributed by atoms with van der Waals surface area (Å²) in [5.41, 5.74) is 5.42. The number of ether oxygens (including phenoxy) is 3. The van der Waals surface area contributed by atoms with Gasteiger partial charge in [-0.25, -0.2) is 15.0 Å². The van der Waals surface area contributed by atoms with E-state index in [9.17, 15) is 4.55 Å². The summed E-state index contributed by atoms with van der Waals surface area (Å²) in [6.07, 6.45) is 4.01. The van der Waals surface area contributed by atoms with Crippen molar-refractivity contribution in [3.05, 3.63) is 23.2 Å². The van der Waals surface area contributed by atoms with Crippen LogP contribution in [0.1, 0.15) is 31.7 Å². The summed E-state index contributed by atoms with van der Waals surface area (Å²) in [4.78, 5) is 8.36. The standard InChI is InChI=1S/C19H35ClN6O5S/c1-14(16(30-3)17-23-10-15(20)11-24-17)32(28)25-12-19(21,18(4-5-18)13-29-2)26(22)6-8-31-9-7-27/h10-11,14,16,25,27H,4-9,12-13,21-22H2,1-3H3. The second-order valence-electron chi connectivity index (χ2n) is 7.91. The molecule has 0 bridgehead atoms. The number of nitrogens with zero attached hydrogens (tertiary/aromatic N) is 3. The molecule has 6 N–H and O–H groups in total. The molecule has 32 heavy (non-hydrogen) atoms. The van der Waals surface area contributed by atoms with Gasteiger partial charge >= 0.3 is 0 Å². The first-order valence-electron chi connectivity index (χ1n) is 10.4. The fraction of sp³-hybridized carbons (Fsp3) is 0.789. The maximum absolute atomic E-state index is 13.1. The largest absolute Gasteiger partial charge is 0.598 e. The molecule has 1 aliphatic rings. The van der Waals surface area contributed by atoms with Gasteiger partial charge in [0.2, 0.25) is 0 Å². The molecular formula is C19H35ClN6O5S. The molecule has 0 radical (unpaired) electrons. The minimum absolute atomic E-state index is 0.0671. The molecular weight excluding hydrogens is 460 g/mol. The zero-order valence-corrected chi connectivity index (χ0v) is 20.4. The van der Waals surface area contributed by atoms with Crippen LogP contribution in [0.3, 0.4) is 0 Å². The molecule has 0 spiro atoms. The van der Waals surface area contributed by atoms with Gasteiger partial charge in [-0.05, 0) is 19.8 Å². The Kier molecular flexibility index (Phi) is 11.0. The van der Waals surface area contributed by atoms with E-state index in [0.717, 1.165) is 12.8 Å². The van der Waals surface area contributed by atoms with Crippen molar-refractivity contribution in [2.24, 2.45) is 17.0 Å². The van der Waals surface area contributed by atoms with Crippen LogP contribution in [0, 0.1) is 5.41 Å². The molecule has 1 aromatic rings. The number of nitrogens with one attached hydrogen (secondary N) is 1. The smallest absolute Gasteiger partial charge is 0.165 e. The van der Waals surface area contributed by atoms with E-state index >= 15 is 0 Å². The number of aliphatic hydroxyl groups is 1. The summed E-state index contributed by atoms with van der Waals surface area (Å²) in [7, 11) is 3.13. The Hall–Kier alpha value is -0.640. The van der Waals surface area contributed by atoms with Crippen LogP contribution in [0.4, 0.5) is 0 Å². The molecule has 0 amide bonds. The van der Waals surface area contributed by atoms with Crippen molar-refractivity contribution < 1.29 is 23.9 Å². The molecule has 1 aromatic heterocycles. The van der Waals surface area contributed by atoms with Gasteiger partial charge in [-0.1, -0.05) is 11.6 Å². The van der Waals surface area contributed by atoms with E-state index in [1.165, 1.54) is 24.5 Å². The third-order valence-electron chi connectivity index (χ3n) is 5.81. The van der Waals surface area contributed by atoms with Crippen molar-refractivity contribution in [2.75, 3.05) is 53.7 Å². The van der Waals surface area contributed by atoms with Gasteiger partial charge in [0.05, 0.1) is 38.0 Å². The van der Waals surface area contributed by atoms with Crippen molar-refractivity contribution in [3.8, 4) is 0 Å². The van der Waals surface area contributed by atoms with Crippen LogP contribution in [0.5, 0.6) is 0 Å². The average Bonchev–Trinajstić information content (AvgIpc) is 3.57. The molecule has 2 rings (SSSR count). The van der Waals surface area contributed by atoms with Crippen LogP contribution in [-0.2, 0) is 25.6 Å². The van der Waals surface area contributed by atoms with Gasteiger partial charge in [0.25, 0.3) is 0 Å². The fourth-order valence-electron chi connectivity index (χ4n) is 3.65. The first-order valence-corrected chi connectivity index (χ1v) is 12.0. The predicted molar refractivity (Wildman–Crippen MR) is 122 cm³/mol. The number of nitrogens with two attached hydrogens (primary N) is 2. The molecule has 1 saturated carbocycles. The Morgan fingerprint density at radius 1 is 1.38 bits per heavy atom. The average molecular weight is 495 g/mol. The quantitative estimate of drug-likeness (QED) is 0.0785. The fourth-order valence-corrected chi connectivity index (χ4v) is 4.83. The van der Waals surface area contributed by atoms with Crippen molar-refractivity contribution in [1.82, 2.24) is 19.7 Å². The van der Waals surface area contributed by atoms with Crippen LogP contribution in [0.2, 0.25) is 5.02 Å². The van der Waals surface area contributed by atoms with Gasteiger partial charge < -0.3 is 29.6 Å². The highest BCUT2D eigenvalue weighted by Crippen LogP contribution is 2.53. The first-order chi connectivity index (χ1) is 15.2. The molecule has 4 unspecified atom stereocenters. The third-order valence-corrected chi connectivity index (χ3v) is 7.36. The molecule has 184 valence electrons. The highest BCUT2D eigenvalue weighted by Gasteiger charge is 2.60. The van der Waals surface area contributed by atoms with Gasteiger partial charge in [-0.2, -0.15) is 0 Å². The van der Waals surface area contributed by atoms with E-state index in [0.29, 0.717) is 30.6 Å². The molecule has 0 saturated heterocycles. The topological polar surface area (TPSA) is 164 Å². The van der Waals surface area contributed by atoms with E-state index in [1.807, 2.05) is 0 Å². The minimum Gasteiger partial charge on any atom is -0.598 e. The van der Waals surface area contributed by atoms with Crippen LogP contribution < -0.4 is 16.3 Å². The molecule has 1 heterocycles. The van der Waals surface area contributed by atoms with Crippen LogP contribution >= 0.6 is 11.6 Å². The molecule has 0 aromatic carbocycles. The van der Waals surface area contributed by atoms with Gasteiger partial charge in [0, 0.05) is 49.9 Å². The van der Waals surface area contributed by atoms with Gasteiger partial charge in [-0.15, -0.1) is 4.72 Å². The maximum Gasteiger partial charge on any atom is 0.165 e. The number of aromatic nitrogens is 2. The predicted octanol–water partition coefficient (Wildman–Crippen LogP) is -0.274. The van der Waals surface area contributed by atoms with Gasteiger partial charge in [0.15, 0.2) is 17.2 Å². The highest BCUT2D eigenvalue weighted by atomic mass is 35.5. The maximum atomic E-state index is 13.1. The van der Waals surface area contributed by atoms with Gasteiger partial charge in [-0.3, -0.25) is 5.84 Å². The lowest BCUT2D eigenvalue weighted by Crippen LogP contribution is -2.71. The molecule has 13 heteroatoms. The Morgan fingerprint density at radius 3 is 2.56 bits per heavy atom. The molecule has 1 fully saturated rings. The summed E-state index contributed by atoms with van der Waals surface area (Å²) in [5.74, 6) is 6.75. The van der Waals surface area contributed by atoms with Crippen LogP contribution in [-0.4, -0.2) is 89.3 Å². The lowest BCUT2D eigenvalue weighted by atomic mass is 9.89. The summed E-state index contributed by atoms with van der Waals surface area (Å²) in [6.45, 7) is 3.16. The van der Waals surface area contributed by atoms with Crippen molar-refractivity contribution >= 4 is 23.0 Å². The molecule has 11 nitrogen and oxygen atoms in total. The van der Waals surface area contributed by atoms with E-state index in [2.05, 4.69) is 14.7 Å². The Bertz CT molecular complexity index is 689. The van der Waals surface area contributed by atoms with Crippen molar-refractivity contribution in [3.63, 3.8) is 0 Å². The normalized spacial score (nSPS) is 20.0. The molecule has 0 aliphatic heterocycles. The van der Waals surface area contributed by atoms with Crippen LogP contribution in [0.15, 0.2) is 12.4 Å². The number of rotatable bonds is 16. The summed E-state index contributed by atoms with van der Waals surface area (Å²) >= 11 is 4.32.